The first-order chi connectivity index (χ1) is 10.2. The Bertz CT molecular complexity index is 200. The van der Waals surface area contributed by atoms with Gasteiger partial charge in [-0.3, -0.25) is 5.32 Å². The molecule has 2 atom stereocenters. The fraction of sp³-hybridized carbons (Fsp3) is 1.00. The third kappa shape index (κ3) is 16.1. The van der Waals surface area contributed by atoms with Gasteiger partial charge in [-0.2, -0.15) is 0 Å². The van der Waals surface area contributed by atoms with E-state index in [1.807, 2.05) is 0 Å². The Kier molecular flexibility index (Phi) is 16.2. The zero-order chi connectivity index (χ0) is 15.8. The van der Waals surface area contributed by atoms with Crippen LogP contribution in [0, 0.1) is 0 Å². The summed E-state index contributed by atoms with van der Waals surface area (Å²) >= 11 is 0. The maximum absolute atomic E-state index is 9.80. The quantitative estimate of drug-likeness (QED) is 0.286. The summed E-state index contributed by atoms with van der Waals surface area (Å²) in [6, 6.07) is 0. The fourth-order valence-electron chi connectivity index (χ4n) is 2.62. The fourth-order valence-corrected chi connectivity index (χ4v) is 2.62. The molecule has 2 unspecified atom stereocenters. The number of rotatable bonds is 16. The van der Waals surface area contributed by atoms with Gasteiger partial charge in [0.2, 0.25) is 0 Å². The third-order valence-corrected chi connectivity index (χ3v) is 4.05. The average molecular weight is 302 g/mol. The van der Waals surface area contributed by atoms with E-state index in [9.17, 15) is 10.2 Å². The molecule has 0 saturated carbocycles. The average Bonchev–Trinajstić information content (AvgIpc) is 2.45. The van der Waals surface area contributed by atoms with Crippen molar-refractivity contribution in [3.63, 3.8) is 0 Å². The van der Waals surface area contributed by atoms with Crippen LogP contribution in [0.1, 0.15) is 104 Å². The van der Waals surface area contributed by atoms with E-state index >= 15 is 0 Å². The first-order valence-corrected chi connectivity index (χ1v) is 9.32. The summed E-state index contributed by atoms with van der Waals surface area (Å²) in [5.41, 5.74) is 0. The van der Waals surface area contributed by atoms with Crippen molar-refractivity contribution in [3.05, 3.63) is 0 Å². The van der Waals surface area contributed by atoms with Crippen molar-refractivity contribution in [2.24, 2.45) is 0 Å². The molecule has 0 aromatic carbocycles. The van der Waals surface area contributed by atoms with Gasteiger partial charge >= 0.3 is 0 Å². The summed E-state index contributed by atoms with van der Waals surface area (Å²) in [7, 11) is 0. The van der Waals surface area contributed by atoms with E-state index < -0.39 is 12.5 Å². The maximum atomic E-state index is 9.80. The van der Waals surface area contributed by atoms with E-state index in [1.165, 1.54) is 51.4 Å². The Morgan fingerprint density at radius 2 is 0.905 bits per heavy atom. The summed E-state index contributed by atoms with van der Waals surface area (Å²) < 4.78 is 0. The van der Waals surface area contributed by atoms with E-state index in [0.717, 1.165) is 38.5 Å². The topological polar surface area (TPSA) is 52.5 Å². The van der Waals surface area contributed by atoms with Crippen LogP contribution in [0.25, 0.3) is 0 Å². The van der Waals surface area contributed by atoms with E-state index in [2.05, 4.69) is 19.2 Å². The highest BCUT2D eigenvalue weighted by atomic mass is 16.3. The largest absolute Gasteiger partial charge is 0.379 e. The van der Waals surface area contributed by atoms with Crippen molar-refractivity contribution in [2.45, 2.75) is 116 Å². The number of aliphatic hydroxyl groups excluding tert-OH is 2. The van der Waals surface area contributed by atoms with Crippen LogP contribution in [-0.4, -0.2) is 22.7 Å². The second-order valence-electron chi connectivity index (χ2n) is 6.31. The minimum Gasteiger partial charge on any atom is -0.379 e. The van der Waals surface area contributed by atoms with Gasteiger partial charge in [-0.25, -0.2) is 0 Å². The monoisotopic (exact) mass is 301 g/mol. The molecule has 0 amide bonds. The van der Waals surface area contributed by atoms with Gasteiger partial charge in [0, 0.05) is 0 Å². The van der Waals surface area contributed by atoms with Crippen molar-refractivity contribution in [1.82, 2.24) is 5.32 Å². The lowest BCUT2D eigenvalue weighted by Crippen LogP contribution is -2.38. The highest BCUT2D eigenvalue weighted by Gasteiger charge is 2.09. The zero-order valence-electron chi connectivity index (χ0n) is 14.4. The molecule has 0 aromatic rings. The molecular weight excluding hydrogens is 262 g/mol. The minimum atomic E-state index is -0.551. The Hall–Kier alpha value is -0.120. The molecule has 0 aliphatic heterocycles. The second kappa shape index (κ2) is 16.3. The number of nitrogens with one attached hydrogen (secondary N) is 1. The molecule has 0 bridgehead atoms. The van der Waals surface area contributed by atoms with Crippen LogP contribution in [0.3, 0.4) is 0 Å². The van der Waals surface area contributed by atoms with Gasteiger partial charge in [0.15, 0.2) is 0 Å². The number of hydrogen-bond donors (Lipinski definition) is 3. The molecule has 3 heteroatoms. The summed E-state index contributed by atoms with van der Waals surface area (Å²) in [5, 5.41) is 22.4. The van der Waals surface area contributed by atoms with Crippen molar-refractivity contribution in [3.8, 4) is 0 Å². The van der Waals surface area contributed by atoms with Gasteiger partial charge in [0.25, 0.3) is 0 Å². The van der Waals surface area contributed by atoms with Crippen LogP contribution in [0.2, 0.25) is 0 Å². The molecule has 21 heavy (non-hydrogen) atoms. The minimum absolute atomic E-state index is 0.550. The van der Waals surface area contributed by atoms with Gasteiger partial charge < -0.3 is 10.2 Å². The van der Waals surface area contributed by atoms with Crippen molar-refractivity contribution in [1.29, 1.82) is 0 Å². The Labute approximate surface area is 132 Å². The van der Waals surface area contributed by atoms with E-state index in [1.54, 1.807) is 0 Å². The number of unbranched alkanes of at least 4 members (excludes halogenated alkanes) is 10. The smallest absolute Gasteiger partial charge is 0.106 e. The molecular formula is C18H39NO2. The van der Waals surface area contributed by atoms with Crippen LogP contribution in [0.15, 0.2) is 0 Å². The normalized spacial score (nSPS) is 14.3. The molecule has 0 spiro atoms. The lowest BCUT2D eigenvalue weighted by Gasteiger charge is -2.18. The summed E-state index contributed by atoms with van der Waals surface area (Å²) in [4.78, 5) is 0. The van der Waals surface area contributed by atoms with Crippen molar-refractivity contribution >= 4 is 0 Å². The first kappa shape index (κ1) is 20.9. The predicted molar refractivity (Wildman–Crippen MR) is 91.1 cm³/mol. The van der Waals surface area contributed by atoms with Crippen molar-refractivity contribution < 1.29 is 10.2 Å². The van der Waals surface area contributed by atoms with Crippen molar-refractivity contribution in [2.75, 3.05) is 0 Å². The molecule has 0 aliphatic carbocycles. The highest BCUT2D eigenvalue weighted by molar-refractivity contribution is 4.59. The standard InChI is InChI=1S/C18H39NO2/c1-3-5-7-8-9-10-11-12-14-16-18(21)19-17(20)15-13-6-4-2/h17-21H,3-16H2,1-2H3. The van der Waals surface area contributed by atoms with E-state index in [0.29, 0.717) is 0 Å². The van der Waals surface area contributed by atoms with Gasteiger partial charge in [0.1, 0.15) is 12.5 Å². The van der Waals surface area contributed by atoms with Crippen LogP contribution in [0.5, 0.6) is 0 Å². The van der Waals surface area contributed by atoms with Crippen LogP contribution in [-0.2, 0) is 0 Å². The molecule has 0 aliphatic rings. The number of aliphatic hydroxyl groups is 2. The molecule has 0 radical (unpaired) electrons. The second-order valence-corrected chi connectivity index (χ2v) is 6.31. The molecule has 128 valence electrons. The molecule has 0 rings (SSSR count). The van der Waals surface area contributed by atoms with Gasteiger partial charge in [-0.1, -0.05) is 78.1 Å². The molecule has 3 N–H and O–H groups in total. The molecule has 3 nitrogen and oxygen atoms in total. The summed E-state index contributed by atoms with van der Waals surface area (Å²) in [6.45, 7) is 4.40. The Balaban J connectivity index is 3.27. The van der Waals surface area contributed by atoms with Gasteiger partial charge in [-0.15, -0.1) is 0 Å². The zero-order valence-corrected chi connectivity index (χ0v) is 14.4. The number of hydrogen-bond acceptors (Lipinski definition) is 3. The lowest BCUT2D eigenvalue weighted by molar-refractivity contribution is 0.0311. The maximum Gasteiger partial charge on any atom is 0.106 e. The van der Waals surface area contributed by atoms with E-state index in [-0.39, 0.29) is 0 Å². The van der Waals surface area contributed by atoms with E-state index in [4.69, 9.17) is 0 Å². The van der Waals surface area contributed by atoms with Gasteiger partial charge in [-0.05, 0) is 25.7 Å². The Morgan fingerprint density at radius 1 is 0.571 bits per heavy atom. The molecule has 0 saturated heterocycles. The first-order valence-electron chi connectivity index (χ1n) is 9.32. The molecule has 0 heterocycles. The predicted octanol–water partition coefficient (Wildman–Crippen LogP) is 4.71. The van der Waals surface area contributed by atoms with Crippen LogP contribution in [0.4, 0.5) is 0 Å². The van der Waals surface area contributed by atoms with Crippen LogP contribution >= 0.6 is 0 Å². The SMILES string of the molecule is CCCCCCCCCCCC(O)NC(O)CCCCC. The lowest BCUT2D eigenvalue weighted by atomic mass is 10.1. The molecule has 0 aromatic heterocycles. The van der Waals surface area contributed by atoms with Crippen LogP contribution < -0.4 is 5.32 Å². The Morgan fingerprint density at radius 3 is 1.38 bits per heavy atom. The summed E-state index contributed by atoms with van der Waals surface area (Å²) in [6.07, 6.45) is 15.4. The third-order valence-electron chi connectivity index (χ3n) is 4.05. The molecule has 0 fully saturated rings. The summed E-state index contributed by atoms with van der Waals surface area (Å²) in [5.74, 6) is 0. The highest BCUT2D eigenvalue weighted by Crippen LogP contribution is 2.11. The van der Waals surface area contributed by atoms with Gasteiger partial charge in [0.05, 0.1) is 0 Å².